The average Bonchev–Trinajstić information content (AvgIpc) is 3.51. The van der Waals surface area contributed by atoms with Crippen molar-refractivity contribution in [2.24, 2.45) is 11.1 Å². The van der Waals surface area contributed by atoms with E-state index in [9.17, 15) is 4.21 Å². The number of thiazole rings is 1. The second-order valence-corrected chi connectivity index (χ2v) is 9.94. The van der Waals surface area contributed by atoms with E-state index >= 15 is 0 Å². The minimum atomic E-state index is -1.71. The highest BCUT2D eigenvalue weighted by Crippen LogP contribution is 2.33. The van der Waals surface area contributed by atoms with Crippen LogP contribution in [0, 0.1) is 12.8 Å². The van der Waals surface area contributed by atoms with Crippen molar-refractivity contribution in [2.75, 3.05) is 11.9 Å². The highest BCUT2D eigenvalue weighted by molar-refractivity contribution is 7.77. The molecule has 1 aliphatic carbocycles. The molecule has 1 aliphatic rings. The fourth-order valence-electron chi connectivity index (χ4n) is 4.19. The molecule has 0 radical (unpaired) electrons. The summed E-state index contributed by atoms with van der Waals surface area (Å²) in [6.45, 7) is 2.50. The Labute approximate surface area is 192 Å². The fraction of sp³-hybridized carbons (Fsp3) is 0.318. The summed E-state index contributed by atoms with van der Waals surface area (Å²) in [6, 6.07) is 14.4. The molecule has 3 heterocycles. The molecule has 3 atom stereocenters. The van der Waals surface area contributed by atoms with Crippen molar-refractivity contribution in [1.29, 1.82) is 0 Å². The van der Waals surface area contributed by atoms with Crippen LogP contribution < -0.4 is 10.5 Å². The Hall–Kier alpha value is -2.66. The lowest BCUT2D eigenvalue weighted by molar-refractivity contribution is 0.274. The van der Waals surface area contributed by atoms with Gasteiger partial charge in [0.2, 0.25) is 11.3 Å². The quantitative estimate of drug-likeness (QED) is 0.425. The minimum Gasteiger partial charge on any atom is -0.367 e. The Morgan fingerprint density at radius 3 is 2.94 bits per heavy atom. The predicted octanol–water partition coefficient (Wildman–Crippen LogP) is 3.96. The van der Waals surface area contributed by atoms with Gasteiger partial charge >= 0.3 is 0 Å². The van der Waals surface area contributed by atoms with Gasteiger partial charge in [-0.15, -0.1) is 11.3 Å². The molecule has 0 spiro atoms. The van der Waals surface area contributed by atoms with Gasteiger partial charge in [0.25, 0.3) is 0 Å². The Bertz CT molecular complexity index is 1260. The number of hydrogen-bond acceptors (Lipinski definition) is 7. The SMILES string of the molecule is Cc1sc(-c2ccccc2)nc1-c1cc2nccc(NC3CCC(COS(N)=O)C3)n2n1. The van der Waals surface area contributed by atoms with E-state index < -0.39 is 11.3 Å². The van der Waals surface area contributed by atoms with Gasteiger partial charge in [-0.1, -0.05) is 30.3 Å². The van der Waals surface area contributed by atoms with Gasteiger partial charge in [-0.2, -0.15) is 9.61 Å². The monoisotopic (exact) mass is 468 g/mol. The molecule has 166 valence electrons. The molecular weight excluding hydrogens is 444 g/mol. The number of hydrogen-bond donors (Lipinski definition) is 2. The minimum absolute atomic E-state index is 0.291. The maximum Gasteiger partial charge on any atom is 0.231 e. The summed E-state index contributed by atoms with van der Waals surface area (Å²) in [5.41, 5.74) is 3.58. The van der Waals surface area contributed by atoms with Crippen molar-refractivity contribution >= 4 is 34.1 Å². The van der Waals surface area contributed by atoms with Gasteiger partial charge in [0.05, 0.1) is 6.61 Å². The van der Waals surface area contributed by atoms with Gasteiger partial charge < -0.3 is 5.32 Å². The molecule has 1 fully saturated rings. The second-order valence-electron chi connectivity index (χ2n) is 7.98. The third kappa shape index (κ3) is 4.44. The smallest absolute Gasteiger partial charge is 0.231 e. The van der Waals surface area contributed by atoms with Crippen LogP contribution in [-0.4, -0.2) is 36.4 Å². The summed E-state index contributed by atoms with van der Waals surface area (Å²) in [7, 11) is 0. The second kappa shape index (κ2) is 9.07. The number of anilines is 1. The summed E-state index contributed by atoms with van der Waals surface area (Å²) in [5.74, 6) is 1.24. The topological polar surface area (TPSA) is 107 Å². The van der Waals surface area contributed by atoms with Crippen molar-refractivity contribution in [3.05, 3.63) is 53.5 Å². The molecule has 4 aromatic rings. The number of fused-ring (bicyclic) bond motifs is 1. The van der Waals surface area contributed by atoms with Gasteiger partial charge in [-0.25, -0.2) is 19.3 Å². The van der Waals surface area contributed by atoms with E-state index in [2.05, 4.69) is 29.4 Å². The van der Waals surface area contributed by atoms with Gasteiger partial charge in [0.15, 0.2) is 5.65 Å². The number of aromatic nitrogens is 4. The average molecular weight is 469 g/mol. The third-order valence-corrected chi connectivity index (χ3v) is 7.12. The van der Waals surface area contributed by atoms with Crippen LogP contribution in [0.4, 0.5) is 5.82 Å². The number of aryl methyl sites for hydroxylation is 1. The number of nitrogens with one attached hydrogen (secondary N) is 1. The van der Waals surface area contributed by atoms with E-state index in [0.29, 0.717) is 18.6 Å². The molecule has 3 aromatic heterocycles. The zero-order chi connectivity index (χ0) is 22.1. The molecule has 0 aliphatic heterocycles. The van der Waals surface area contributed by atoms with E-state index in [-0.39, 0.29) is 0 Å². The lowest BCUT2D eigenvalue weighted by atomic mass is 10.1. The Morgan fingerprint density at radius 1 is 1.28 bits per heavy atom. The number of benzene rings is 1. The maximum absolute atomic E-state index is 11.0. The van der Waals surface area contributed by atoms with Crippen LogP contribution >= 0.6 is 11.3 Å². The zero-order valence-electron chi connectivity index (χ0n) is 17.6. The molecule has 0 saturated heterocycles. The number of rotatable bonds is 7. The van der Waals surface area contributed by atoms with Gasteiger partial charge in [-0.3, -0.25) is 4.18 Å². The van der Waals surface area contributed by atoms with E-state index in [1.54, 1.807) is 17.5 Å². The van der Waals surface area contributed by atoms with E-state index in [0.717, 1.165) is 57.6 Å². The molecule has 32 heavy (non-hydrogen) atoms. The van der Waals surface area contributed by atoms with Crippen LogP contribution in [0.5, 0.6) is 0 Å². The fourth-order valence-corrected chi connectivity index (χ4v) is 5.44. The maximum atomic E-state index is 11.0. The van der Waals surface area contributed by atoms with Crippen molar-refractivity contribution < 1.29 is 8.39 Å². The Balaban J connectivity index is 1.38. The first kappa shape index (κ1) is 21.2. The molecule has 0 bridgehead atoms. The molecule has 3 unspecified atom stereocenters. The lowest BCUT2D eigenvalue weighted by Crippen LogP contribution is -2.19. The van der Waals surface area contributed by atoms with Crippen LogP contribution in [0.2, 0.25) is 0 Å². The first-order chi connectivity index (χ1) is 15.6. The van der Waals surface area contributed by atoms with Gasteiger partial charge in [0, 0.05) is 28.7 Å². The molecule has 1 aromatic carbocycles. The lowest BCUT2D eigenvalue weighted by Gasteiger charge is -2.15. The largest absolute Gasteiger partial charge is 0.367 e. The zero-order valence-corrected chi connectivity index (χ0v) is 19.2. The molecule has 10 heteroatoms. The molecule has 0 amide bonds. The summed E-state index contributed by atoms with van der Waals surface area (Å²) in [5, 5.41) is 14.6. The van der Waals surface area contributed by atoms with Crippen LogP contribution in [0.3, 0.4) is 0 Å². The van der Waals surface area contributed by atoms with E-state index in [1.165, 1.54) is 0 Å². The summed E-state index contributed by atoms with van der Waals surface area (Å²) >= 11 is -0.0349. The third-order valence-electron chi connectivity index (χ3n) is 5.73. The van der Waals surface area contributed by atoms with Crippen molar-refractivity contribution in [3.8, 4) is 22.0 Å². The standard InChI is InChI=1S/C22H24N6O2S2/c1-14-21(26-22(31-14)16-5-3-2-4-6-16)18-12-20-24-10-9-19(28(20)27-18)25-17-8-7-15(11-17)13-30-32(23)29/h2-6,9-10,12,15,17,25H,7-8,11,13,23H2,1H3. The van der Waals surface area contributed by atoms with Crippen LogP contribution in [0.15, 0.2) is 48.7 Å². The molecule has 8 nitrogen and oxygen atoms in total. The van der Waals surface area contributed by atoms with Gasteiger partial charge in [0.1, 0.15) is 22.2 Å². The molecule has 5 rings (SSSR count). The van der Waals surface area contributed by atoms with Crippen LogP contribution in [-0.2, 0) is 15.4 Å². The van der Waals surface area contributed by atoms with Crippen molar-refractivity contribution in [2.45, 2.75) is 32.2 Å². The normalized spacial score (nSPS) is 19.4. The highest BCUT2D eigenvalue weighted by Gasteiger charge is 2.26. The van der Waals surface area contributed by atoms with Crippen molar-refractivity contribution in [3.63, 3.8) is 0 Å². The Morgan fingerprint density at radius 2 is 2.12 bits per heavy atom. The van der Waals surface area contributed by atoms with Gasteiger partial charge in [-0.05, 0) is 38.2 Å². The van der Waals surface area contributed by atoms with E-state index in [1.807, 2.05) is 34.8 Å². The highest BCUT2D eigenvalue weighted by atomic mass is 32.2. The summed E-state index contributed by atoms with van der Waals surface area (Å²) in [6.07, 6.45) is 4.74. The molecular formula is C22H24N6O2S2. The van der Waals surface area contributed by atoms with Crippen LogP contribution in [0.25, 0.3) is 27.6 Å². The molecule has 1 saturated carbocycles. The summed E-state index contributed by atoms with van der Waals surface area (Å²) < 4.78 is 17.9. The van der Waals surface area contributed by atoms with Crippen LogP contribution in [0.1, 0.15) is 24.1 Å². The predicted molar refractivity (Wildman–Crippen MR) is 127 cm³/mol. The number of nitrogens with zero attached hydrogens (tertiary/aromatic N) is 4. The Kier molecular flexibility index (Phi) is 6.01. The summed E-state index contributed by atoms with van der Waals surface area (Å²) in [4.78, 5) is 10.5. The molecule has 3 N–H and O–H groups in total. The first-order valence-corrected chi connectivity index (χ1v) is 12.5. The number of nitrogens with two attached hydrogens (primary N) is 1. The first-order valence-electron chi connectivity index (χ1n) is 10.5. The van der Waals surface area contributed by atoms with Crippen molar-refractivity contribution in [1.82, 2.24) is 19.6 Å². The van der Waals surface area contributed by atoms with E-state index in [4.69, 9.17) is 19.4 Å².